The maximum absolute atomic E-state index is 12.2. The molecular formula is C15H26N4O. The number of rotatable bonds is 5. The summed E-state index contributed by atoms with van der Waals surface area (Å²) in [5, 5.41) is 10.5. The lowest BCUT2D eigenvalue weighted by Crippen LogP contribution is -2.44. The van der Waals surface area contributed by atoms with Gasteiger partial charge in [-0.25, -0.2) is 0 Å². The van der Waals surface area contributed by atoms with Crippen LogP contribution in [0.3, 0.4) is 0 Å². The molecule has 2 rings (SSSR count). The molecule has 0 bridgehead atoms. The molecule has 0 unspecified atom stereocenters. The average molecular weight is 278 g/mol. The molecular weight excluding hydrogens is 252 g/mol. The number of aromatic nitrogens is 2. The molecule has 1 heterocycles. The molecule has 5 heteroatoms. The highest BCUT2D eigenvalue weighted by molar-refractivity contribution is 5.84. The Bertz CT molecular complexity index is 435. The van der Waals surface area contributed by atoms with Crippen LogP contribution in [0.2, 0.25) is 0 Å². The Morgan fingerprint density at radius 2 is 2.15 bits per heavy atom. The van der Waals surface area contributed by atoms with Crippen molar-refractivity contribution in [3.8, 4) is 0 Å². The second kappa shape index (κ2) is 6.77. The van der Waals surface area contributed by atoms with Crippen LogP contribution in [0.1, 0.15) is 46.5 Å². The van der Waals surface area contributed by atoms with Crippen LogP contribution in [-0.4, -0.2) is 27.8 Å². The Kier molecular flexibility index (Phi) is 5.04. The van der Waals surface area contributed by atoms with Crippen LogP contribution in [-0.2, 0) is 11.3 Å². The smallest absolute Gasteiger partial charge is 0.242 e. The monoisotopic (exact) mass is 278 g/mol. The summed E-state index contributed by atoms with van der Waals surface area (Å²) in [6.45, 7) is 7.05. The third kappa shape index (κ3) is 3.99. The van der Waals surface area contributed by atoms with Crippen LogP contribution in [0.15, 0.2) is 12.4 Å². The minimum Gasteiger partial charge on any atom is -0.371 e. The molecule has 0 aliphatic heterocycles. The zero-order chi connectivity index (χ0) is 14.5. The van der Waals surface area contributed by atoms with Gasteiger partial charge in [-0.1, -0.05) is 6.92 Å². The van der Waals surface area contributed by atoms with Gasteiger partial charge in [0.05, 0.1) is 11.9 Å². The highest BCUT2D eigenvalue weighted by Gasteiger charge is 2.22. The molecule has 1 saturated carbocycles. The summed E-state index contributed by atoms with van der Waals surface area (Å²) in [4.78, 5) is 12.2. The van der Waals surface area contributed by atoms with E-state index in [-0.39, 0.29) is 11.9 Å². The molecule has 1 amide bonds. The van der Waals surface area contributed by atoms with Crippen molar-refractivity contribution in [2.75, 3.05) is 5.32 Å². The molecule has 0 radical (unpaired) electrons. The predicted molar refractivity (Wildman–Crippen MR) is 80.5 cm³/mol. The zero-order valence-electron chi connectivity index (χ0n) is 12.7. The lowest BCUT2D eigenvalue weighted by molar-refractivity contribution is -0.122. The quantitative estimate of drug-likeness (QED) is 0.869. The minimum atomic E-state index is -0.233. The minimum absolute atomic E-state index is 0.0776. The van der Waals surface area contributed by atoms with E-state index in [0.717, 1.165) is 31.0 Å². The molecule has 0 aromatic carbocycles. The van der Waals surface area contributed by atoms with E-state index in [0.29, 0.717) is 6.04 Å². The van der Waals surface area contributed by atoms with E-state index in [1.165, 1.54) is 12.8 Å². The molecule has 1 aliphatic rings. The molecule has 2 N–H and O–H groups in total. The van der Waals surface area contributed by atoms with Gasteiger partial charge in [-0.2, -0.15) is 5.10 Å². The zero-order valence-corrected chi connectivity index (χ0v) is 12.7. The standard InChI is InChI=1S/C15H26N4O/c1-4-19-10-14(9-16-19)17-12(3)15(20)18-13-7-5-11(2)6-8-13/h9-13,17H,4-8H2,1-3H3,(H,18,20)/t11?,12-,13?/m1/s1. The van der Waals surface area contributed by atoms with Gasteiger partial charge < -0.3 is 10.6 Å². The van der Waals surface area contributed by atoms with E-state index >= 15 is 0 Å². The first-order valence-electron chi connectivity index (χ1n) is 7.67. The highest BCUT2D eigenvalue weighted by atomic mass is 16.2. The van der Waals surface area contributed by atoms with Gasteiger partial charge in [0.1, 0.15) is 6.04 Å². The number of amides is 1. The first kappa shape index (κ1) is 14.9. The van der Waals surface area contributed by atoms with Gasteiger partial charge in [-0.05, 0) is 45.4 Å². The van der Waals surface area contributed by atoms with Gasteiger partial charge >= 0.3 is 0 Å². The summed E-state index contributed by atoms with van der Waals surface area (Å²) in [6.07, 6.45) is 8.33. The lowest BCUT2D eigenvalue weighted by Gasteiger charge is -2.28. The normalized spacial score (nSPS) is 24.1. The highest BCUT2D eigenvalue weighted by Crippen LogP contribution is 2.23. The maximum atomic E-state index is 12.2. The Morgan fingerprint density at radius 3 is 2.75 bits per heavy atom. The van der Waals surface area contributed by atoms with Crippen LogP contribution in [0.5, 0.6) is 0 Å². The number of carbonyl (C=O) groups excluding carboxylic acids is 1. The second-order valence-corrected chi connectivity index (χ2v) is 5.92. The summed E-state index contributed by atoms with van der Waals surface area (Å²) >= 11 is 0. The third-order valence-corrected chi connectivity index (χ3v) is 4.10. The largest absolute Gasteiger partial charge is 0.371 e. The Labute approximate surface area is 121 Å². The number of hydrogen-bond donors (Lipinski definition) is 2. The predicted octanol–water partition coefficient (Wildman–Crippen LogP) is 2.40. The summed E-state index contributed by atoms with van der Waals surface area (Å²) < 4.78 is 1.84. The van der Waals surface area contributed by atoms with Crippen LogP contribution >= 0.6 is 0 Å². The summed E-state index contributed by atoms with van der Waals surface area (Å²) in [7, 11) is 0. The molecule has 1 aromatic rings. The number of nitrogens with zero attached hydrogens (tertiary/aromatic N) is 2. The SMILES string of the molecule is CCn1cc(N[C@H](C)C(=O)NC2CCC(C)CC2)cn1. The molecule has 20 heavy (non-hydrogen) atoms. The van der Waals surface area contributed by atoms with Crippen molar-refractivity contribution in [1.82, 2.24) is 15.1 Å². The summed E-state index contributed by atoms with van der Waals surface area (Å²) in [5.41, 5.74) is 0.895. The fraction of sp³-hybridized carbons (Fsp3) is 0.733. The van der Waals surface area contributed by atoms with Crippen LogP contribution < -0.4 is 10.6 Å². The van der Waals surface area contributed by atoms with Gasteiger partial charge in [-0.3, -0.25) is 9.48 Å². The Morgan fingerprint density at radius 1 is 1.45 bits per heavy atom. The van der Waals surface area contributed by atoms with Crippen molar-refractivity contribution >= 4 is 11.6 Å². The number of hydrogen-bond acceptors (Lipinski definition) is 3. The van der Waals surface area contributed by atoms with Crippen molar-refractivity contribution in [3.63, 3.8) is 0 Å². The van der Waals surface area contributed by atoms with Crippen molar-refractivity contribution in [2.45, 2.75) is 65.1 Å². The number of aryl methyl sites for hydroxylation is 1. The van der Waals surface area contributed by atoms with Crippen molar-refractivity contribution in [3.05, 3.63) is 12.4 Å². The number of nitrogens with one attached hydrogen (secondary N) is 2. The Hall–Kier alpha value is -1.52. The van der Waals surface area contributed by atoms with Crippen LogP contribution in [0.4, 0.5) is 5.69 Å². The summed E-state index contributed by atoms with van der Waals surface area (Å²) in [5.74, 6) is 0.882. The fourth-order valence-corrected chi connectivity index (χ4v) is 2.66. The van der Waals surface area contributed by atoms with Gasteiger partial charge in [0, 0.05) is 18.8 Å². The van der Waals surface area contributed by atoms with Crippen LogP contribution in [0, 0.1) is 5.92 Å². The van der Waals surface area contributed by atoms with E-state index in [9.17, 15) is 4.79 Å². The topological polar surface area (TPSA) is 59.0 Å². The van der Waals surface area contributed by atoms with Crippen molar-refractivity contribution < 1.29 is 4.79 Å². The molecule has 1 fully saturated rings. The van der Waals surface area contributed by atoms with E-state index in [1.807, 2.05) is 24.7 Å². The van der Waals surface area contributed by atoms with E-state index in [1.54, 1.807) is 6.20 Å². The first-order valence-corrected chi connectivity index (χ1v) is 7.67. The van der Waals surface area contributed by atoms with Crippen molar-refractivity contribution in [1.29, 1.82) is 0 Å². The van der Waals surface area contributed by atoms with E-state index in [4.69, 9.17) is 0 Å². The first-order chi connectivity index (χ1) is 9.58. The van der Waals surface area contributed by atoms with Crippen LogP contribution in [0.25, 0.3) is 0 Å². The second-order valence-electron chi connectivity index (χ2n) is 5.92. The van der Waals surface area contributed by atoms with E-state index in [2.05, 4.69) is 22.7 Å². The van der Waals surface area contributed by atoms with Gasteiger partial charge in [-0.15, -0.1) is 0 Å². The molecule has 112 valence electrons. The molecule has 1 aromatic heterocycles. The lowest BCUT2D eigenvalue weighted by atomic mass is 9.87. The summed E-state index contributed by atoms with van der Waals surface area (Å²) in [6, 6.07) is 0.116. The Balaban J connectivity index is 1.79. The van der Waals surface area contributed by atoms with Crippen molar-refractivity contribution in [2.24, 2.45) is 5.92 Å². The molecule has 1 atom stereocenters. The molecule has 0 saturated heterocycles. The van der Waals surface area contributed by atoms with Gasteiger partial charge in [0.2, 0.25) is 5.91 Å². The number of anilines is 1. The fourth-order valence-electron chi connectivity index (χ4n) is 2.66. The maximum Gasteiger partial charge on any atom is 0.242 e. The molecule has 5 nitrogen and oxygen atoms in total. The van der Waals surface area contributed by atoms with Gasteiger partial charge in [0.15, 0.2) is 0 Å². The van der Waals surface area contributed by atoms with Gasteiger partial charge in [0.25, 0.3) is 0 Å². The number of carbonyl (C=O) groups is 1. The third-order valence-electron chi connectivity index (χ3n) is 4.10. The van der Waals surface area contributed by atoms with E-state index < -0.39 is 0 Å². The molecule has 0 spiro atoms. The molecule has 1 aliphatic carbocycles. The average Bonchev–Trinajstić information content (AvgIpc) is 2.89.